The van der Waals surface area contributed by atoms with Crippen molar-refractivity contribution in [2.24, 2.45) is 0 Å². The Morgan fingerprint density at radius 3 is 2.59 bits per heavy atom. The van der Waals surface area contributed by atoms with E-state index in [0.717, 1.165) is 23.8 Å². The number of halogens is 1. The van der Waals surface area contributed by atoms with E-state index < -0.39 is 23.8 Å². The number of pyridine rings is 1. The molecule has 0 saturated carbocycles. The van der Waals surface area contributed by atoms with Crippen LogP contribution in [0.5, 0.6) is 17.5 Å². The molecule has 1 atom stereocenters. The first kappa shape index (κ1) is 27.9. The van der Waals surface area contributed by atoms with Crippen LogP contribution in [0.25, 0.3) is 0 Å². The first-order valence-corrected chi connectivity index (χ1v) is 13.1. The third kappa shape index (κ3) is 7.27. The molecule has 1 aromatic carbocycles. The van der Waals surface area contributed by atoms with Crippen LogP contribution in [0.3, 0.4) is 0 Å². The van der Waals surface area contributed by atoms with E-state index in [2.05, 4.69) is 15.3 Å². The van der Waals surface area contributed by atoms with E-state index in [1.165, 1.54) is 24.3 Å². The number of aliphatic hydroxyl groups is 1. The van der Waals surface area contributed by atoms with Crippen LogP contribution in [0.15, 0.2) is 35.7 Å². The number of ether oxygens (including phenoxy) is 3. The van der Waals surface area contributed by atoms with Crippen LogP contribution in [-0.4, -0.2) is 70.2 Å². The van der Waals surface area contributed by atoms with E-state index in [1.54, 1.807) is 24.1 Å². The molecule has 1 fully saturated rings. The second-order valence-electron chi connectivity index (χ2n) is 8.62. The fourth-order valence-electron chi connectivity index (χ4n) is 3.47. The Kier molecular flexibility index (Phi) is 9.04. The Morgan fingerprint density at radius 1 is 1.15 bits per heavy atom. The number of rotatable bonds is 11. The summed E-state index contributed by atoms with van der Waals surface area (Å²) in [5.41, 5.74) is 0.708. The number of hydrogen-bond donors (Lipinski definition) is 2. The summed E-state index contributed by atoms with van der Waals surface area (Å²) < 4.78 is 30.9. The van der Waals surface area contributed by atoms with Crippen molar-refractivity contribution in [1.82, 2.24) is 14.9 Å². The highest BCUT2D eigenvalue weighted by Gasteiger charge is 2.23. The molecule has 0 bridgehead atoms. The maximum absolute atomic E-state index is 14.8. The van der Waals surface area contributed by atoms with Gasteiger partial charge in [-0.15, -0.1) is 11.3 Å². The highest BCUT2D eigenvalue weighted by atomic mass is 32.1. The largest absolute Gasteiger partial charge is 0.472 e. The Labute approximate surface area is 227 Å². The first-order chi connectivity index (χ1) is 18.7. The fourth-order valence-corrected chi connectivity index (χ4v) is 4.18. The molecule has 11 nitrogen and oxygen atoms in total. The predicted molar refractivity (Wildman–Crippen MR) is 139 cm³/mol. The molecule has 0 radical (unpaired) electrons. The third-order valence-electron chi connectivity index (χ3n) is 5.56. The quantitative estimate of drug-likeness (QED) is 0.339. The molecule has 2 amide bonds. The van der Waals surface area contributed by atoms with Gasteiger partial charge in [-0.1, -0.05) is 0 Å². The molecule has 0 aliphatic carbocycles. The van der Waals surface area contributed by atoms with Crippen molar-refractivity contribution >= 4 is 34.3 Å². The Morgan fingerprint density at radius 2 is 1.92 bits per heavy atom. The maximum atomic E-state index is 14.8. The lowest BCUT2D eigenvalue weighted by molar-refractivity contribution is -0.142. The molecule has 1 aliphatic rings. The fraction of sp³-hybridized carbons (Fsp3) is 0.346. The van der Waals surface area contributed by atoms with E-state index in [-0.39, 0.29) is 59.3 Å². The Hall–Kier alpha value is -4.10. The average Bonchev–Trinajstić information content (AvgIpc) is 3.30. The van der Waals surface area contributed by atoms with Gasteiger partial charge in [0.1, 0.15) is 6.10 Å². The highest BCUT2D eigenvalue weighted by Crippen LogP contribution is 2.28. The second kappa shape index (κ2) is 12.6. The lowest BCUT2D eigenvalue weighted by Gasteiger charge is -2.30. The summed E-state index contributed by atoms with van der Waals surface area (Å²) in [6, 6.07) is 6.49. The van der Waals surface area contributed by atoms with Crippen molar-refractivity contribution in [2.75, 3.05) is 31.6 Å². The van der Waals surface area contributed by atoms with Crippen molar-refractivity contribution in [3.05, 3.63) is 58.3 Å². The first-order valence-electron chi connectivity index (χ1n) is 12.2. The minimum absolute atomic E-state index is 0.0293. The number of aliphatic hydroxyl groups excluding tert-OH is 1. The van der Waals surface area contributed by atoms with Gasteiger partial charge in [-0.3, -0.25) is 19.7 Å². The summed E-state index contributed by atoms with van der Waals surface area (Å²) >= 11 is 1.13. The molecule has 4 rings (SSSR count). The Balaban J connectivity index is 1.53. The summed E-state index contributed by atoms with van der Waals surface area (Å²) in [5, 5.41) is 13.9. The SMILES string of the molecule is CCOC(=O)Cc1csc(NC(=O)c2cc(Oc3ccc(C(=O)N4CCC4)cc3F)nc(O[C@H](C)CO)c2)n1. The summed E-state index contributed by atoms with van der Waals surface area (Å²) in [6.45, 7) is 4.53. The van der Waals surface area contributed by atoms with Crippen molar-refractivity contribution in [2.45, 2.75) is 32.8 Å². The molecule has 1 saturated heterocycles. The minimum atomic E-state index is -0.777. The topological polar surface area (TPSA) is 140 Å². The van der Waals surface area contributed by atoms with Crippen LogP contribution >= 0.6 is 11.3 Å². The van der Waals surface area contributed by atoms with Crippen LogP contribution in [0.2, 0.25) is 0 Å². The molecule has 1 aliphatic heterocycles. The van der Waals surface area contributed by atoms with Gasteiger partial charge in [-0.25, -0.2) is 9.37 Å². The number of anilines is 1. The van der Waals surface area contributed by atoms with E-state index in [1.807, 2.05) is 0 Å². The number of amides is 2. The maximum Gasteiger partial charge on any atom is 0.311 e. The lowest BCUT2D eigenvalue weighted by atomic mass is 10.1. The zero-order valence-electron chi connectivity index (χ0n) is 21.3. The monoisotopic (exact) mass is 558 g/mol. The van der Waals surface area contributed by atoms with Crippen molar-refractivity contribution in [3.8, 4) is 17.5 Å². The number of carbonyl (C=O) groups excluding carboxylic acids is 3. The summed E-state index contributed by atoms with van der Waals surface area (Å²) in [6.07, 6.45) is 0.247. The summed E-state index contributed by atoms with van der Waals surface area (Å²) in [7, 11) is 0. The molecular formula is C26H27FN4O7S. The number of hydrogen-bond acceptors (Lipinski definition) is 10. The van der Waals surface area contributed by atoms with Gasteiger partial charge >= 0.3 is 5.97 Å². The van der Waals surface area contributed by atoms with Crippen molar-refractivity contribution in [3.63, 3.8) is 0 Å². The Bertz CT molecular complexity index is 1360. The van der Waals surface area contributed by atoms with Gasteiger partial charge in [0.2, 0.25) is 11.8 Å². The number of nitrogens with zero attached hydrogens (tertiary/aromatic N) is 3. The second-order valence-corrected chi connectivity index (χ2v) is 9.47. The van der Waals surface area contributed by atoms with Crippen LogP contribution < -0.4 is 14.8 Å². The molecule has 3 heterocycles. The molecule has 39 heavy (non-hydrogen) atoms. The number of carbonyl (C=O) groups is 3. The molecule has 0 unspecified atom stereocenters. The normalized spacial score (nSPS) is 13.3. The number of nitrogens with one attached hydrogen (secondary N) is 1. The van der Waals surface area contributed by atoms with Crippen LogP contribution in [0.1, 0.15) is 46.7 Å². The van der Waals surface area contributed by atoms with Gasteiger partial charge < -0.3 is 24.2 Å². The molecule has 2 N–H and O–H groups in total. The highest BCUT2D eigenvalue weighted by molar-refractivity contribution is 7.14. The van der Waals surface area contributed by atoms with Gasteiger partial charge in [-0.05, 0) is 38.5 Å². The number of likely N-dealkylation sites (tertiary alicyclic amines) is 1. The minimum Gasteiger partial charge on any atom is -0.472 e. The van der Waals surface area contributed by atoms with Crippen LogP contribution in [0, 0.1) is 5.82 Å². The molecule has 206 valence electrons. The molecule has 0 spiro atoms. The predicted octanol–water partition coefficient (Wildman–Crippen LogP) is 3.43. The van der Waals surface area contributed by atoms with Gasteiger partial charge in [0.05, 0.1) is 30.9 Å². The lowest BCUT2D eigenvalue weighted by Crippen LogP contribution is -2.42. The summed E-state index contributed by atoms with van der Waals surface area (Å²) in [5.74, 6) is -2.44. The standard InChI is InChI=1S/C26H27FN4O7S/c1-3-36-23(33)12-18-14-39-26(28-18)30-24(34)17-10-21(37-15(2)13-32)29-22(11-17)38-20-6-5-16(9-19(20)27)25(35)31-7-4-8-31/h5-6,9-11,14-15,32H,3-4,7-8,12-13H2,1-2H3,(H,28,30,34)/t15-/m1/s1. The van der Waals surface area contributed by atoms with Crippen molar-refractivity contribution < 1.29 is 38.1 Å². The van der Waals surface area contributed by atoms with E-state index in [9.17, 15) is 23.9 Å². The smallest absolute Gasteiger partial charge is 0.311 e. The summed E-state index contributed by atoms with van der Waals surface area (Å²) in [4.78, 5) is 47.1. The number of esters is 1. The number of benzene rings is 1. The van der Waals surface area contributed by atoms with Crippen LogP contribution in [-0.2, 0) is 16.0 Å². The van der Waals surface area contributed by atoms with Gasteiger partial charge in [0.25, 0.3) is 11.8 Å². The molecule has 2 aromatic heterocycles. The zero-order chi connectivity index (χ0) is 27.9. The number of thiazole rings is 1. The molecule has 13 heteroatoms. The molecule has 3 aromatic rings. The van der Waals surface area contributed by atoms with Gasteiger partial charge in [-0.2, -0.15) is 4.98 Å². The van der Waals surface area contributed by atoms with Gasteiger partial charge in [0, 0.05) is 36.2 Å². The van der Waals surface area contributed by atoms with Crippen LogP contribution in [0.4, 0.5) is 9.52 Å². The zero-order valence-corrected chi connectivity index (χ0v) is 22.1. The number of aromatic nitrogens is 2. The van der Waals surface area contributed by atoms with E-state index >= 15 is 0 Å². The molecular weight excluding hydrogens is 531 g/mol. The van der Waals surface area contributed by atoms with Crippen molar-refractivity contribution in [1.29, 1.82) is 0 Å². The van der Waals surface area contributed by atoms with E-state index in [4.69, 9.17) is 14.2 Å². The van der Waals surface area contributed by atoms with Gasteiger partial charge in [0.15, 0.2) is 16.7 Å². The van der Waals surface area contributed by atoms with E-state index in [0.29, 0.717) is 18.8 Å². The third-order valence-corrected chi connectivity index (χ3v) is 6.37. The average molecular weight is 559 g/mol.